The number of hydrogen-bond donors (Lipinski definition) is 2. The van der Waals surface area contributed by atoms with Crippen molar-refractivity contribution in [2.24, 2.45) is 23.7 Å². The lowest BCUT2D eigenvalue weighted by molar-refractivity contribution is 0.413. The zero-order chi connectivity index (χ0) is 23.3. The van der Waals surface area contributed by atoms with Crippen LogP contribution < -0.4 is 0 Å². The molecule has 0 amide bonds. The number of rotatable bonds is 14. The van der Waals surface area contributed by atoms with E-state index in [4.69, 9.17) is 4.12 Å². The molecule has 0 aliphatic heterocycles. The molecule has 0 rings (SSSR count). The van der Waals surface area contributed by atoms with Gasteiger partial charge in [-0.25, -0.2) is 0 Å². The Bertz CT molecular complexity index is 428. The molecule has 0 saturated heterocycles. The second-order valence-corrected chi connectivity index (χ2v) is 29.7. The van der Waals surface area contributed by atoms with E-state index in [2.05, 4.69) is 80.1 Å². The molecule has 3 nitrogen and oxygen atoms in total. The molecule has 176 valence electrons. The molecule has 0 aromatic heterocycles. The quantitative estimate of drug-likeness (QED) is 0.261. The van der Waals surface area contributed by atoms with Crippen LogP contribution in [0.5, 0.6) is 0 Å². The van der Waals surface area contributed by atoms with E-state index in [0.717, 1.165) is 12.1 Å². The first-order valence-electron chi connectivity index (χ1n) is 11.8. The molecule has 0 heterocycles. The highest BCUT2D eigenvalue weighted by molar-refractivity contribution is 6.84. The van der Waals surface area contributed by atoms with E-state index < -0.39 is 33.3 Å². The summed E-state index contributed by atoms with van der Waals surface area (Å²) in [6.45, 7) is 27.2. The van der Waals surface area contributed by atoms with Crippen LogP contribution in [0.3, 0.4) is 0 Å². The summed E-state index contributed by atoms with van der Waals surface area (Å²) in [5, 5.41) is 0. The monoisotopic (exact) mass is 478 g/mol. The third-order valence-corrected chi connectivity index (χ3v) is 16.7. The molecule has 0 radical (unpaired) electrons. The Balaban J connectivity index is 4.62. The van der Waals surface area contributed by atoms with Gasteiger partial charge in [0.05, 0.1) is 0 Å². The van der Waals surface area contributed by atoms with Crippen LogP contribution in [0, 0.1) is 23.7 Å². The Morgan fingerprint density at radius 1 is 0.517 bits per heavy atom. The molecule has 0 aromatic carbocycles. The van der Waals surface area contributed by atoms with Crippen LogP contribution in [0.4, 0.5) is 0 Å². The second kappa shape index (κ2) is 11.6. The van der Waals surface area contributed by atoms with E-state index in [-0.39, 0.29) is 0 Å². The average Bonchev–Trinajstić information content (AvgIpc) is 2.27. The summed E-state index contributed by atoms with van der Waals surface area (Å²) in [5.74, 6) is 2.55. The van der Waals surface area contributed by atoms with Gasteiger partial charge in [0.15, 0.2) is 33.3 Å². The highest BCUT2D eigenvalue weighted by Gasteiger charge is 2.36. The molecule has 0 aromatic rings. The Hall–Kier alpha value is 0.748. The fourth-order valence-corrected chi connectivity index (χ4v) is 20.0. The van der Waals surface area contributed by atoms with Crippen molar-refractivity contribution in [3.05, 3.63) is 0 Å². The van der Waals surface area contributed by atoms with Crippen LogP contribution in [0.2, 0.25) is 76.6 Å². The summed E-state index contributed by atoms with van der Waals surface area (Å²) in [6, 6.07) is 4.44. The Morgan fingerprint density at radius 3 is 1.00 bits per heavy atom. The van der Waals surface area contributed by atoms with Gasteiger partial charge in [-0.15, -0.1) is 0 Å². The fourth-order valence-electron chi connectivity index (χ4n) is 5.92. The van der Waals surface area contributed by atoms with Crippen molar-refractivity contribution in [1.29, 1.82) is 0 Å². The van der Waals surface area contributed by atoms with Gasteiger partial charge in [0.25, 0.3) is 0 Å². The lowest BCUT2D eigenvalue weighted by Gasteiger charge is -2.37. The summed E-state index contributed by atoms with van der Waals surface area (Å²) < 4.78 is 6.93. The third-order valence-electron chi connectivity index (χ3n) is 5.54. The Kier molecular flexibility index (Phi) is 11.9. The van der Waals surface area contributed by atoms with Gasteiger partial charge in [0.2, 0.25) is 0 Å². The van der Waals surface area contributed by atoms with Crippen molar-refractivity contribution in [2.75, 3.05) is 0 Å². The van der Waals surface area contributed by atoms with E-state index >= 15 is 0 Å². The minimum absolute atomic E-state index is 0.604. The van der Waals surface area contributed by atoms with E-state index in [9.17, 15) is 9.59 Å². The standard InChI is InChI=1S/C22H54O3Si4/c1-19(15-26(5,6)23)13-21(3)17-28(9,10)25-29(11,12)18-22(4)14-20(2)16-27(7,8)24/h19-24H,13-18H2,1-12H3. The van der Waals surface area contributed by atoms with Gasteiger partial charge in [-0.2, -0.15) is 0 Å². The van der Waals surface area contributed by atoms with Crippen LogP contribution >= 0.6 is 0 Å². The lowest BCUT2D eigenvalue weighted by atomic mass is 10.0. The molecule has 0 spiro atoms. The molecule has 0 saturated carbocycles. The van der Waals surface area contributed by atoms with Gasteiger partial charge in [0, 0.05) is 0 Å². The third kappa shape index (κ3) is 17.0. The minimum atomic E-state index is -1.96. The molecule has 4 unspecified atom stereocenters. The Morgan fingerprint density at radius 2 is 0.759 bits per heavy atom. The first kappa shape index (κ1) is 29.7. The van der Waals surface area contributed by atoms with E-state index in [1.165, 1.54) is 24.9 Å². The van der Waals surface area contributed by atoms with Crippen molar-refractivity contribution in [2.45, 2.75) is 117 Å². The second-order valence-electron chi connectivity index (χ2n) is 13.0. The molecular formula is C22H54O3Si4. The molecule has 0 aliphatic rings. The predicted octanol–water partition coefficient (Wildman–Crippen LogP) is 7.13. The van der Waals surface area contributed by atoms with Gasteiger partial charge < -0.3 is 13.7 Å². The molecule has 7 heteroatoms. The van der Waals surface area contributed by atoms with Crippen LogP contribution in [-0.4, -0.2) is 42.9 Å². The highest BCUT2D eigenvalue weighted by atomic mass is 28.4. The largest absolute Gasteiger partial charge is 0.455 e. The van der Waals surface area contributed by atoms with Crippen LogP contribution in [0.15, 0.2) is 0 Å². The van der Waals surface area contributed by atoms with Crippen LogP contribution in [-0.2, 0) is 4.12 Å². The minimum Gasteiger partial charge on any atom is -0.455 e. The SMILES string of the molecule is CC(CC(C)C[Si](C)(C)O[Si](C)(C)CC(C)CC(C)C[Si](C)(C)O)C[Si](C)(C)O. The van der Waals surface area contributed by atoms with Crippen molar-refractivity contribution in [3.8, 4) is 0 Å². The lowest BCUT2D eigenvalue weighted by Crippen LogP contribution is -2.46. The summed E-state index contributed by atoms with van der Waals surface area (Å²) >= 11 is 0. The van der Waals surface area contributed by atoms with Gasteiger partial charge in [-0.1, -0.05) is 27.7 Å². The zero-order valence-electron chi connectivity index (χ0n) is 21.9. The number of hydrogen-bond acceptors (Lipinski definition) is 3. The van der Waals surface area contributed by atoms with Crippen molar-refractivity contribution >= 4 is 33.3 Å². The van der Waals surface area contributed by atoms with Gasteiger partial charge in [-0.05, 0) is 113 Å². The van der Waals surface area contributed by atoms with Crippen molar-refractivity contribution < 1.29 is 13.7 Å². The average molecular weight is 479 g/mol. The fraction of sp³-hybridized carbons (Fsp3) is 1.00. The highest BCUT2D eigenvalue weighted by Crippen LogP contribution is 2.32. The van der Waals surface area contributed by atoms with E-state index in [0.29, 0.717) is 23.7 Å². The topological polar surface area (TPSA) is 49.7 Å². The first-order valence-corrected chi connectivity index (χ1v) is 24.4. The summed E-state index contributed by atoms with van der Waals surface area (Å²) in [4.78, 5) is 20.4. The summed E-state index contributed by atoms with van der Waals surface area (Å²) in [6.07, 6.45) is 2.40. The van der Waals surface area contributed by atoms with Crippen LogP contribution in [0.1, 0.15) is 40.5 Å². The molecule has 4 atom stereocenters. The van der Waals surface area contributed by atoms with Gasteiger partial charge in [0.1, 0.15) is 0 Å². The molecule has 0 aliphatic carbocycles. The molecular weight excluding hydrogens is 425 g/mol. The van der Waals surface area contributed by atoms with Crippen molar-refractivity contribution in [1.82, 2.24) is 0 Å². The van der Waals surface area contributed by atoms with Gasteiger partial charge >= 0.3 is 0 Å². The first-order chi connectivity index (χ1) is 12.7. The normalized spacial score (nSPS) is 18.4. The molecule has 2 N–H and O–H groups in total. The molecule has 0 bridgehead atoms. The van der Waals surface area contributed by atoms with E-state index in [1.54, 1.807) is 0 Å². The predicted molar refractivity (Wildman–Crippen MR) is 141 cm³/mol. The van der Waals surface area contributed by atoms with Crippen molar-refractivity contribution in [3.63, 3.8) is 0 Å². The maximum Gasteiger partial charge on any atom is 0.182 e. The zero-order valence-corrected chi connectivity index (χ0v) is 25.9. The molecule has 0 fully saturated rings. The van der Waals surface area contributed by atoms with Gasteiger partial charge in [-0.3, -0.25) is 0 Å². The van der Waals surface area contributed by atoms with Crippen LogP contribution in [0.25, 0.3) is 0 Å². The van der Waals surface area contributed by atoms with E-state index in [1.807, 2.05) is 0 Å². The Labute approximate surface area is 187 Å². The summed E-state index contributed by atoms with van der Waals surface area (Å²) in [5.41, 5.74) is 0. The maximum absolute atomic E-state index is 10.2. The maximum atomic E-state index is 10.2. The smallest absolute Gasteiger partial charge is 0.182 e. The summed E-state index contributed by atoms with van der Waals surface area (Å²) in [7, 11) is -7.30. The molecule has 29 heavy (non-hydrogen) atoms.